The molecule has 1 aromatic carbocycles. The third-order valence-electron chi connectivity index (χ3n) is 4.85. The molecule has 2 aliphatic rings. The van der Waals surface area contributed by atoms with Crippen molar-refractivity contribution in [1.29, 1.82) is 0 Å². The predicted molar refractivity (Wildman–Crippen MR) is 80.9 cm³/mol. The van der Waals surface area contributed by atoms with Crippen LogP contribution in [-0.4, -0.2) is 47.5 Å². The first-order chi connectivity index (χ1) is 11.2. The lowest BCUT2D eigenvalue weighted by atomic mass is 9.74. The van der Waals surface area contributed by atoms with Crippen LogP contribution in [0.4, 0.5) is 6.01 Å². The van der Waals surface area contributed by atoms with E-state index < -0.39 is 11.4 Å². The zero-order valence-corrected chi connectivity index (χ0v) is 12.5. The fourth-order valence-electron chi connectivity index (χ4n) is 3.49. The van der Waals surface area contributed by atoms with E-state index >= 15 is 0 Å². The molecule has 0 amide bonds. The zero-order valence-electron chi connectivity index (χ0n) is 12.5. The van der Waals surface area contributed by atoms with Crippen molar-refractivity contribution in [2.24, 2.45) is 11.3 Å². The van der Waals surface area contributed by atoms with Gasteiger partial charge >= 0.3 is 12.0 Å². The van der Waals surface area contributed by atoms with Crippen LogP contribution in [0.2, 0.25) is 0 Å². The Labute approximate surface area is 132 Å². The highest BCUT2D eigenvalue weighted by molar-refractivity contribution is 5.77. The van der Waals surface area contributed by atoms with Gasteiger partial charge in [0, 0.05) is 31.2 Å². The maximum Gasteiger partial charge on any atom is 0.324 e. The summed E-state index contributed by atoms with van der Waals surface area (Å²) < 4.78 is 10.8. The number of benzene rings is 1. The van der Waals surface area contributed by atoms with Gasteiger partial charge in [0.15, 0.2) is 0 Å². The molecule has 23 heavy (non-hydrogen) atoms. The van der Waals surface area contributed by atoms with E-state index in [1.165, 1.54) is 0 Å². The maximum absolute atomic E-state index is 11.8. The number of hydrogen-bond acceptors (Lipinski definition) is 6. The molecule has 0 bridgehead atoms. The minimum Gasteiger partial charge on any atom is -0.481 e. The molecule has 0 unspecified atom stereocenters. The molecule has 7 heteroatoms. The largest absolute Gasteiger partial charge is 0.481 e. The smallest absolute Gasteiger partial charge is 0.324 e. The van der Waals surface area contributed by atoms with Crippen LogP contribution in [0.15, 0.2) is 34.9 Å². The highest BCUT2D eigenvalue weighted by Gasteiger charge is 2.54. The van der Waals surface area contributed by atoms with E-state index in [4.69, 9.17) is 9.26 Å². The molecule has 2 aromatic rings. The molecule has 1 N–H and O–H groups in total. The van der Waals surface area contributed by atoms with Gasteiger partial charge in [0.05, 0.1) is 12.0 Å². The first-order valence-electron chi connectivity index (χ1n) is 7.64. The standard InChI is InChI=1S/C16H17N3O4/c20-14(21)16-6-7-22-9-12(16)8-19(10-16)15-17-13(18-23-15)11-4-2-1-3-5-11/h1-5,12H,6-10H2,(H,20,21)/t12-,16+/m1/s1. The summed E-state index contributed by atoms with van der Waals surface area (Å²) in [6.07, 6.45) is 0.517. The molecule has 2 fully saturated rings. The maximum atomic E-state index is 11.8. The lowest BCUT2D eigenvalue weighted by molar-refractivity contribution is -0.157. The van der Waals surface area contributed by atoms with Crippen LogP contribution in [0.3, 0.4) is 0 Å². The Morgan fingerprint density at radius 1 is 1.35 bits per heavy atom. The van der Waals surface area contributed by atoms with Gasteiger partial charge in [-0.2, -0.15) is 4.98 Å². The summed E-state index contributed by atoms with van der Waals surface area (Å²) in [5.74, 6) is -0.312. The first kappa shape index (κ1) is 14.2. The van der Waals surface area contributed by atoms with Gasteiger partial charge < -0.3 is 19.3 Å². The molecule has 0 spiro atoms. The van der Waals surface area contributed by atoms with Crippen LogP contribution in [0.1, 0.15) is 6.42 Å². The third-order valence-corrected chi connectivity index (χ3v) is 4.85. The van der Waals surface area contributed by atoms with Gasteiger partial charge in [-0.15, -0.1) is 0 Å². The molecule has 2 saturated heterocycles. The van der Waals surface area contributed by atoms with Crippen LogP contribution in [0.5, 0.6) is 0 Å². The van der Waals surface area contributed by atoms with E-state index in [9.17, 15) is 9.90 Å². The summed E-state index contributed by atoms with van der Waals surface area (Å²) in [5, 5.41) is 13.7. The lowest BCUT2D eigenvalue weighted by Gasteiger charge is -2.33. The molecule has 0 aliphatic carbocycles. The number of aromatic nitrogens is 2. The van der Waals surface area contributed by atoms with Gasteiger partial charge in [0.2, 0.25) is 5.82 Å². The average Bonchev–Trinajstić information content (AvgIpc) is 3.21. The van der Waals surface area contributed by atoms with E-state index in [0.29, 0.717) is 44.6 Å². The molecule has 4 rings (SSSR count). The third kappa shape index (κ3) is 2.28. The second-order valence-corrected chi connectivity index (χ2v) is 6.13. The number of nitrogens with zero attached hydrogens (tertiary/aromatic N) is 3. The highest BCUT2D eigenvalue weighted by atomic mass is 16.5. The molecule has 120 valence electrons. The van der Waals surface area contributed by atoms with Crippen molar-refractivity contribution in [3.05, 3.63) is 30.3 Å². The zero-order chi connectivity index (χ0) is 15.9. The number of carboxylic acid groups (broad SMARTS) is 1. The molecule has 1 aromatic heterocycles. The number of carbonyl (C=O) groups is 1. The molecule has 2 atom stereocenters. The van der Waals surface area contributed by atoms with E-state index in [0.717, 1.165) is 5.56 Å². The first-order valence-corrected chi connectivity index (χ1v) is 7.64. The summed E-state index contributed by atoms with van der Waals surface area (Å²) in [7, 11) is 0. The SMILES string of the molecule is O=C(O)[C@]12CCOC[C@H]1CN(c1nc(-c3ccccc3)no1)C2. The highest BCUT2D eigenvalue weighted by Crippen LogP contribution is 2.43. The van der Waals surface area contributed by atoms with Gasteiger partial charge in [0.25, 0.3) is 0 Å². The summed E-state index contributed by atoms with van der Waals surface area (Å²) in [4.78, 5) is 18.1. The number of hydrogen-bond donors (Lipinski definition) is 1. The quantitative estimate of drug-likeness (QED) is 0.921. The van der Waals surface area contributed by atoms with Crippen molar-refractivity contribution in [3.63, 3.8) is 0 Å². The van der Waals surface area contributed by atoms with Crippen molar-refractivity contribution in [2.45, 2.75) is 6.42 Å². The van der Waals surface area contributed by atoms with Gasteiger partial charge in [-0.25, -0.2) is 0 Å². The molecular weight excluding hydrogens is 298 g/mol. The monoisotopic (exact) mass is 315 g/mol. The Morgan fingerprint density at radius 2 is 2.17 bits per heavy atom. The summed E-state index contributed by atoms with van der Waals surface area (Å²) >= 11 is 0. The molecule has 3 heterocycles. The number of fused-ring (bicyclic) bond motifs is 1. The van der Waals surface area contributed by atoms with E-state index in [-0.39, 0.29) is 5.92 Å². The predicted octanol–water partition coefficient (Wildman–Crippen LogP) is 1.66. The molecule has 0 saturated carbocycles. The van der Waals surface area contributed by atoms with Gasteiger partial charge in [-0.3, -0.25) is 4.79 Å². The van der Waals surface area contributed by atoms with Crippen molar-refractivity contribution in [2.75, 3.05) is 31.2 Å². The van der Waals surface area contributed by atoms with Crippen LogP contribution in [0, 0.1) is 11.3 Å². The van der Waals surface area contributed by atoms with Crippen molar-refractivity contribution < 1.29 is 19.2 Å². The Morgan fingerprint density at radius 3 is 2.91 bits per heavy atom. The second-order valence-electron chi connectivity index (χ2n) is 6.13. The van der Waals surface area contributed by atoms with Crippen molar-refractivity contribution in [1.82, 2.24) is 10.1 Å². The molecular formula is C16H17N3O4. The Hall–Kier alpha value is -2.41. The summed E-state index contributed by atoms with van der Waals surface area (Å²) in [5.41, 5.74) is 0.0926. The average molecular weight is 315 g/mol. The van der Waals surface area contributed by atoms with Crippen LogP contribution < -0.4 is 4.90 Å². The van der Waals surface area contributed by atoms with E-state index in [2.05, 4.69) is 10.1 Å². The Balaban J connectivity index is 1.60. The van der Waals surface area contributed by atoms with Gasteiger partial charge in [0.1, 0.15) is 0 Å². The van der Waals surface area contributed by atoms with Crippen LogP contribution in [-0.2, 0) is 9.53 Å². The number of ether oxygens (including phenoxy) is 1. The number of rotatable bonds is 3. The van der Waals surface area contributed by atoms with Gasteiger partial charge in [-0.05, 0) is 6.42 Å². The van der Waals surface area contributed by atoms with E-state index in [1.54, 1.807) is 0 Å². The van der Waals surface area contributed by atoms with Crippen LogP contribution in [0.25, 0.3) is 11.4 Å². The number of anilines is 1. The minimum absolute atomic E-state index is 0.0548. The molecule has 0 radical (unpaired) electrons. The summed E-state index contributed by atoms with van der Waals surface area (Å²) in [6, 6.07) is 9.93. The minimum atomic E-state index is -0.778. The van der Waals surface area contributed by atoms with Crippen molar-refractivity contribution in [3.8, 4) is 11.4 Å². The number of carboxylic acids is 1. The van der Waals surface area contributed by atoms with Gasteiger partial charge in [-0.1, -0.05) is 35.5 Å². The second kappa shape index (κ2) is 5.34. The normalized spacial score (nSPS) is 27.0. The fraction of sp³-hybridized carbons (Fsp3) is 0.438. The van der Waals surface area contributed by atoms with E-state index in [1.807, 2.05) is 35.2 Å². The Bertz CT molecular complexity index is 717. The Kier molecular flexibility index (Phi) is 3.30. The van der Waals surface area contributed by atoms with Crippen molar-refractivity contribution >= 4 is 12.0 Å². The topological polar surface area (TPSA) is 88.7 Å². The molecule has 2 aliphatic heterocycles. The fourth-order valence-corrected chi connectivity index (χ4v) is 3.49. The lowest BCUT2D eigenvalue weighted by Crippen LogP contribution is -2.44. The summed E-state index contributed by atoms with van der Waals surface area (Å²) in [6.45, 7) is 1.88. The number of aliphatic carboxylic acids is 1. The van der Waals surface area contributed by atoms with Crippen LogP contribution >= 0.6 is 0 Å². The molecule has 7 nitrogen and oxygen atoms in total.